The monoisotopic (exact) mass is 410 g/mol. The van der Waals surface area contributed by atoms with Crippen LogP contribution in [0.2, 0.25) is 0 Å². The first-order chi connectivity index (χ1) is 13.2. The Morgan fingerprint density at radius 2 is 1.55 bits per heavy atom. The summed E-state index contributed by atoms with van der Waals surface area (Å²) in [5, 5.41) is 0. The third kappa shape index (κ3) is 9.33. The summed E-state index contributed by atoms with van der Waals surface area (Å²) in [4.78, 5) is 29.9. The quantitative estimate of drug-likeness (QED) is 0.470. The van der Waals surface area contributed by atoms with Crippen LogP contribution in [0, 0.1) is 11.8 Å². The normalized spacial score (nSPS) is 18.3. The molecule has 0 aromatic carbocycles. The lowest BCUT2D eigenvalue weighted by atomic mass is 9.85. The number of amides is 2. The molecule has 7 nitrogen and oxygen atoms in total. The van der Waals surface area contributed by atoms with Gasteiger partial charge in [0.25, 0.3) is 0 Å². The van der Waals surface area contributed by atoms with Gasteiger partial charge in [0.15, 0.2) is 0 Å². The number of aliphatic imine (C=N–C) groups is 1. The molecule has 0 aromatic heterocycles. The topological polar surface area (TPSA) is 77.4 Å². The van der Waals surface area contributed by atoms with Crippen LogP contribution in [0.5, 0.6) is 0 Å². The number of piperidine rings is 1. The standard InChI is InChI=1S/C22H38N2O5/c1-15(14-18(27-9)16(2)23-19(25)28-21(3,4)5)17-10-12-24(13-11-17)20(26)29-22(6,7)8/h14-15,17H,10-13H2,1-9H3/b18-14+,23-16?. The lowest BCUT2D eigenvalue weighted by molar-refractivity contribution is 0.0170. The average Bonchev–Trinajstić information content (AvgIpc) is 2.56. The number of nitrogens with zero attached hydrogens (tertiary/aromatic N) is 2. The van der Waals surface area contributed by atoms with Crippen LogP contribution in [0.1, 0.15) is 68.2 Å². The lowest BCUT2D eigenvalue weighted by Crippen LogP contribution is -2.42. The van der Waals surface area contributed by atoms with Gasteiger partial charge in [0, 0.05) is 13.1 Å². The Bertz CT molecular complexity index is 633. The molecule has 1 atom stereocenters. The smallest absolute Gasteiger partial charge is 0.434 e. The van der Waals surface area contributed by atoms with Crippen molar-refractivity contribution in [1.82, 2.24) is 4.90 Å². The Kier molecular flexibility index (Phi) is 8.72. The van der Waals surface area contributed by atoms with Crippen molar-refractivity contribution in [2.75, 3.05) is 20.2 Å². The van der Waals surface area contributed by atoms with Crippen LogP contribution >= 0.6 is 0 Å². The average molecular weight is 411 g/mol. The van der Waals surface area contributed by atoms with E-state index in [-0.39, 0.29) is 12.0 Å². The molecule has 0 aromatic rings. The van der Waals surface area contributed by atoms with Gasteiger partial charge in [-0.15, -0.1) is 0 Å². The highest BCUT2D eigenvalue weighted by Crippen LogP contribution is 2.28. The van der Waals surface area contributed by atoms with E-state index >= 15 is 0 Å². The molecule has 0 N–H and O–H groups in total. The summed E-state index contributed by atoms with van der Waals surface area (Å²) in [6, 6.07) is 0. The summed E-state index contributed by atoms with van der Waals surface area (Å²) in [6.07, 6.45) is 2.89. The maximum Gasteiger partial charge on any atom is 0.434 e. The zero-order valence-electron chi connectivity index (χ0n) is 19.5. The zero-order chi connectivity index (χ0) is 22.4. The van der Waals surface area contributed by atoms with Gasteiger partial charge in [-0.05, 0) is 79.2 Å². The van der Waals surface area contributed by atoms with Crippen LogP contribution in [0.3, 0.4) is 0 Å². The predicted molar refractivity (Wildman–Crippen MR) is 114 cm³/mol. The third-order valence-corrected chi connectivity index (χ3v) is 4.58. The summed E-state index contributed by atoms with van der Waals surface area (Å²) in [6.45, 7) is 16.2. The van der Waals surface area contributed by atoms with Crippen molar-refractivity contribution in [3.63, 3.8) is 0 Å². The highest BCUT2D eigenvalue weighted by molar-refractivity contribution is 6.02. The van der Waals surface area contributed by atoms with Crippen molar-refractivity contribution in [3.8, 4) is 0 Å². The molecule has 1 heterocycles. The van der Waals surface area contributed by atoms with Gasteiger partial charge in [-0.1, -0.05) is 6.92 Å². The molecule has 1 aliphatic heterocycles. The zero-order valence-corrected chi connectivity index (χ0v) is 19.5. The molecule has 1 saturated heterocycles. The van der Waals surface area contributed by atoms with E-state index in [1.54, 1.807) is 39.7 Å². The predicted octanol–water partition coefficient (Wildman–Crippen LogP) is 5.20. The molecular weight excluding hydrogens is 372 g/mol. The molecule has 0 radical (unpaired) electrons. The Balaban J connectivity index is 2.71. The molecule has 0 saturated carbocycles. The minimum Gasteiger partial charge on any atom is -0.495 e. The second-order valence-electron chi connectivity index (χ2n) is 9.58. The van der Waals surface area contributed by atoms with Crippen molar-refractivity contribution < 1.29 is 23.8 Å². The molecule has 166 valence electrons. The first-order valence-electron chi connectivity index (χ1n) is 10.2. The van der Waals surface area contributed by atoms with Crippen LogP contribution in [-0.2, 0) is 14.2 Å². The minimum atomic E-state index is -0.628. The number of hydrogen-bond donors (Lipinski definition) is 0. The number of likely N-dealkylation sites (tertiary alicyclic amines) is 1. The molecule has 29 heavy (non-hydrogen) atoms. The van der Waals surface area contributed by atoms with E-state index < -0.39 is 17.3 Å². The Morgan fingerprint density at radius 1 is 1.03 bits per heavy atom. The minimum absolute atomic E-state index is 0.217. The van der Waals surface area contributed by atoms with Gasteiger partial charge in [-0.25, -0.2) is 9.59 Å². The first kappa shape index (κ1) is 25.0. The van der Waals surface area contributed by atoms with E-state index in [0.29, 0.717) is 30.5 Å². The second-order valence-corrected chi connectivity index (χ2v) is 9.58. The maximum absolute atomic E-state index is 12.2. The third-order valence-electron chi connectivity index (χ3n) is 4.58. The van der Waals surface area contributed by atoms with Crippen LogP contribution in [0.25, 0.3) is 0 Å². The van der Waals surface area contributed by atoms with E-state index in [1.165, 1.54) is 0 Å². The molecule has 1 rings (SSSR count). The number of methoxy groups -OCH3 is 1. The van der Waals surface area contributed by atoms with E-state index in [2.05, 4.69) is 11.9 Å². The van der Waals surface area contributed by atoms with Crippen LogP contribution in [0.15, 0.2) is 16.8 Å². The summed E-state index contributed by atoms with van der Waals surface area (Å²) >= 11 is 0. The first-order valence-corrected chi connectivity index (χ1v) is 10.2. The fraction of sp³-hybridized carbons (Fsp3) is 0.773. The van der Waals surface area contributed by atoms with Gasteiger partial charge in [0.1, 0.15) is 17.0 Å². The molecule has 0 aliphatic carbocycles. The summed E-state index contributed by atoms with van der Waals surface area (Å²) < 4.78 is 16.1. The van der Waals surface area contributed by atoms with E-state index in [0.717, 1.165) is 12.8 Å². The van der Waals surface area contributed by atoms with E-state index in [1.807, 2.05) is 26.8 Å². The largest absolute Gasteiger partial charge is 0.495 e. The molecule has 0 spiro atoms. The van der Waals surface area contributed by atoms with Crippen molar-refractivity contribution >= 4 is 17.9 Å². The number of hydrogen-bond acceptors (Lipinski definition) is 5. The van der Waals surface area contributed by atoms with Crippen molar-refractivity contribution in [3.05, 3.63) is 11.8 Å². The Morgan fingerprint density at radius 3 is 2.00 bits per heavy atom. The maximum atomic E-state index is 12.2. The molecule has 1 aliphatic rings. The highest BCUT2D eigenvalue weighted by Gasteiger charge is 2.29. The van der Waals surface area contributed by atoms with Crippen molar-refractivity contribution in [2.24, 2.45) is 16.8 Å². The fourth-order valence-corrected chi connectivity index (χ4v) is 3.12. The van der Waals surface area contributed by atoms with Gasteiger partial charge in [-0.3, -0.25) is 0 Å². The van der Waals surface area contributed by atoms with Gasteiger partial charge in [0.2, 0.25) is 0 Å². The number of carbonyl (C=O) groups is 2. The number of rotatable bonds is 4. The fourth-order valence-electron chi connectivity index (χ4n) is 3.12. The number of carbonyl (C=O) groups excluding carboxylic acids is 2. The molecule has 2 amide bonds. The lowest BCUT2D eigenvalue weighted by Gasteiger charge is -2.35. The molecule has 1 unspecified atom stereocenters. The molecular formula is C22H38N2O5. The van der Waals surface area contributed by atoms with Gasteiger partial charge in [-0.2, -0.15) is 4.99 Å². The van der Waals surface area contributed by atoms with Crippen LogP contribution in [-0.4, -0.2) is 54.2 Å². The van der Waals surface area contributed by atoms with Gasteiger partial charge >= 0.3 is 12.2 Å². The second kappa shape index (κ2) is 10.1. The number of allylic oxidation sites excluding steroid dienone is 2. The summed E-state index contributed by atoms with van der Waals surface area (Å²) in [7, 11) is 1.57. The molecule has 1 fully saturated rings. The SMILES string of the molecule is CO/C(=C/C(C)C1CCN(C(=O)OC(C)(C)C)CC1)C(C)=NC(=O)OC(C)(C)C. The van der Waals surface area contributed by atoms with Crippen molar-refractivity contribution in [1.29, 1.82) is 0 Å². The summed E-state index contributed by atoms with van der Waals surface area (Å²) in [5.74, 6) is 1.20. The van der Waals surface area contributed by atoms with Crippen molar-refractivity contribution in [2.45, 2.75) is 79.4 Å². The molecule has 7 heteroatoms. The van der Waals surface area contributed by atoms with Gasteiger partial charge < -0.3 is 19.1 Å². The highest BCUT2D eigenvalue weighted by atomic mass is 16.6. The Hall–Kier alpha value is -2.05. The Labute approximate surface area is 175 Å². The van der Waals surface area contributed by atoms with E-state index in [9.17, 15) is 9.59 Å². The summed E-state index contributed by atoms with van der Waals surface area (Å²) in [5.41, 5.74) is -0.588. The molecule has 0 bridgehead atoms. The van der Waals surface area contributed by atoms with Crippen LogP contribution in [0.4, 0.5) is 9.59 Å². The van der Waals surface area contributed by atoms with Gasteiger partial charge in [0.05, 0.1) is 12.8 Å². The van der Waals surface area contributed by atoms with Crippen LogP contribution < -0.4 is 0 Å². The number of ether oxygens (including phenoxy) is 3. The van der Waals surface area contributed by atoms with E-state index in [4.69, 9.17) is 14.2 Å².